The number of hydrogen-bond donors (Lipinski definition) is 1. The molecule has 0 spiro atoms. The third-order valence-corrected chi connectivity index (χ3v) is 10.0. The number of benzene rings is 2. The summed E-state index contributed by atoms with van der Waals surface area (Å²) in [7, 11) is 0. The molecule has 0 aromatic heterocycles. The Labute approximate surface area is 221 Å². The van der Waals surface area contributed by atoms with Crippen molar-refractivity contribution in [3.05, 3.63) is 70.8 Å². The van der Waals surface area contributed by atoms with Crippen molar-refractivity contribution in [1.82, 2.24) is 10.2 Å². The van der Waals surface area contributed by atoms with Gasteiger partial charge in [0, 0.05) is 6.04 Å². The third-order valence-electron chi connectivity index (χ3n) is 8.75. The Balaban J connectivity index is 1.47. The van der Waals surface area contributed by atoms with E-state index in [0.29, 0.717) is 0 Å². The van der Waals surface area contributed by atoms with Gasteiger partial charge in [0.25, 0.3) is 0 Å². The van der Waals surface area contributed by atoms with Crippen molar-refractivity contribution in [3.8, 4) is 0 Å². The van der Waals surface area contributed by atoms with Gasteiger partial charge in [-0.1, -0.05) is 81.6 Å². The zero-order chi connectivity index (χ0) is 25.4. The van der Waals surface area contributed by atoms with Crippen molar-refractivity contribution in [2.24, 2.45) is 17.8 Å². The maximum Gasteiger partial charge on any atom is 0.243 e. The number of hydrogen-bond acceptors (Lipinski definition) is 3. The van der Waals surface area contributed by atoms with Crippen LogP contribution >= 0.6 is 23.2 Å². The predicted octanol–water partition coefficient (Wildman–Crippen LogP) is 5.05. The molecular weight excluding hydrogens is 495 g/mol. The molecule has 2 fully saturated rings. The smallest absolute Gasteiger partial charge is 0.243 e. The molecule has 2 aromatic carbocycles. The summed E-state index contributed by atoms with van der Waals surface area (Å²) in [5.74, 6) is -3.14. The van der Waals surface area contributed by atoms with Crippen molar-refractivity contribution < 1.29 is 14.4 Å². The summed E-state index contributed by atoms with van der Waals surface area (Å²) < 4.78 is 0. The van der Waals surface area contributed by atoms with Crippen molar-refractivity contribution in [2.45, 2.75) is 67.8 Å². The van der Waals surface area contributed by atoms with Crippen LogP contribution in [-0.4, -0.2) is 34.7 Å². The first-order valence-electron chi connectivity index (χ1n) is 13.0. The first-order valence-corrected chi connectivity index (χ1v) is 13.7. The molecule has 4 aliphatic carbocycles. The highest BCUT2D eigenvalue weighted by atomic mass is 35.5. The minimum Gasteiger partial charge on any atom is -0.352 e. The fourth-order valence-corrected chi connectivity index (χ4v) is 8.31. The van der Waals surface area contributed by atoms with E-state index in [-0.39, 0.29) is 17.9 Å². The summed E-state index contributed by atoms with van der Waals surface area (Å²) in [6.45, 7) is 3.75. The molecule has 5 nitrogen and oxygen atoms in total. The molecule has 3 amide bonds. The average Bonchev–Trinajstić information content (AvgIpc) is 3.14. The number of carbonyl (C=O) groups is 3. The topological polar surface area (TPSA) is 66.5 Å². The van der Waals surface area contributed by atoms with Crippen LogP contribution in [-0.2, 0) is 24.1 Å². The Bertz CT molecular complexity index is 1150. The van der Waals surface area contributed by atoms with Gasteiger partial charge in [-0.3, -0.25) is 19.3 Å². The van der Waals surface area contributed by atoms with Crippen LogP contribution in [0.3, 0.4) is 0 Å². The maximum atomic E-state index is 14.2. The summed E-state index contributed by atoms with van der Waals surface area (Å²) in [5, 5.41) is 3.14. The van der Waals surface area contributed by atoms with E-state index in [9.17, 15) is 14.4 Å². The van der Waals surface area contributed by atoms with Gasteiger partial charge in [-0.2, -0.15) is 0 Å². The highest BCUT2D eigenvalue weighted by Gasteiger charge is 2.73. The number of halogens is 2. The lowest BCUT2D eigenvalue weighted by molar-refractivity contribution is -0.150. The van der Waals surface area contributed by atoms with E-state index in [2.05, 4.69) is 5.32 Å². The van der Waals surface area contributed by atoms with Crippen LogP contribution in [0.25, 0.3) is 0 Å². The Kier molecular flexibility index (Phi) is 5.55. The predicted molar refractivity (Wildman–Crippen MR) is 139 cm³/mol. The average molecular weight is 525 g/mol. The van der Waals surface area contributed by atoms with Gasteiger partial charge in [0.2, 0.25) is 17.7 Å². The summed E-state index contributed by atoms with van der Waals surface area (Å²) in [6.07, 6.45) is 5.16. The van der Waals surface area contributed by atoms with E-state index in [4.69, 9.17) is 23.2 Å². The molecule has 2 bridgehead atoms. The lowest BCUT2D eigenvalue weighted by Crippen LogP contribution is -2.57. The quantitative estimate of drug-likeness (QED) is 0.449. The van der Waals surface area contributed by atoms with Gasteiger partial charge in [0.15, 0.2) is 0 Å². The molecule has 0 radical (unpaired) electrons. The second kappa shape index (κ2) is 8.32. The minimum atomic E-state index is -1.24. The molecule has 188 valence electrons. The molecule has 1 N–H and O–H groups in total. The third kappa shape index (κ3) is 2.99. The summed E-state index contributed by atoms with van der Waals surface area (Å²) in [5.41, 5.74) is 3.05. The summed E-state index contributed by atoms with van der Waals surface area (Å²) >= 11 is 15.0. The van der Waals surface area contributed by atoms with Crippen LogP contribution in [0.15, 0.2) is 48.5 Å². The van der Waals surface area contributed by atoms with Gasteiger partial charge in [-0.15, -0.1) is 23.2 Å². The molecule has 1 saturated heterocycles. The molecule has 7 rings (SSSR count). The zero-order valence-corrected chi connectivity index (χ0v) is 22.0. The zero-order valence-electron chi connectivity index (χ0n) is 20.5. The summed E-state index contributed by atoms with van der Waals surface area (Å²) in [6, 6.07) is 14.3. The Morgan fingerprint density at radius 3 is 1.64 bits per heavy atom. The van der Waals surface area contributed by atoms with Crippen molar-refractivity contribution in [3.63, 3.8) is 0 Å². The highest BCUT2D eigenvalue weighted by molar-refractivity contribution is 6.36. The van der Waals surface area contributed by atoms with Crippen LogP contribution < -0.4 is 5.32 Å². The molecule has 5 aliphatic rings. The van der Waals surface area contributed by atoms with Gasteiger partial charge >= 0.3 is 0 Å². The van der Waals surface area contributed by atoms with Crippen LogP contribution in [0.5, 0.6) is 0 Å². The van der Waals surface area contributed by atoms with Crippen LogP contribution in [0.4, 0.5) is 0 Å². The van der Waals surface area contributed by atoms with E-state index in [1.807, 2.05) is 62.4 Å². The number of imide groups is 1. The number of amides is 3. The Morgan fingerprint density at radius 2 is 1.25 bits per heavy atom. The monoisotopic (exact) mass is 524 g/mol. The maximum absolute atomic E-state index is 14.2. The largest absolute Gasteiger partial charge is 0.352 e. The fraction of sp³-hybridized carbons (Fsp3) is 0.483. The molecule has 7 heteroatoms. The second-order valence-corrected chi connectivity index (χ2v) is 12.2. The van der Waals surface area contributed by atoms with Crippen molar-refractivity contribution >= 4 is 40.9 Å². The van der Waals surface area contributed by atoms with Gasteiger partial charge in [0.05, 0.1) is 11.8 Å². The van der Waals surface area contributed by atoms with Gasteiger partial charge in [-0.25, -0.2) is 0 Å². The number of carbonyl (C=O) groups excluding carboxylic acids is 3. The standard InChI is InChI=1S/C29H30Cl2N2O3/c1-16(2)24(25(34)32-17-10-4-3-5-11-17)33-26(35)22-23(27(33)36)29(31)19-13-7-6-12-18(19)28(22,30)20-14-8-9-15-21(20)29/h6-9,12-17,22-24H,3-5,10-11H2,1-2H3,(H,32,34)/t22-,23-,24-,28?,29?/m0/s1. The highest BCUT2D eigenvalue weighted by Crippen LogP contribution is 2.69. The SMILES string of the molecule is CC(C)[C@@H](C(=O)NC1CCCCC1)N1C(=O)[C@@H]2[C@@H](C1=O)C1(Cl)c3ccccc3C2(Cl)c2ccccc21. The molecule has 0 unspecified atom stereocenters. The summed E-state index contributed by atoms with van der Waals surface area (Å²) in [4.78, 5) is 40.8. The normalized spacial score (nSPS) is 31.8. The Morgan fingerprint density at radius 1 is 0.833 bits per heavy atom. The van der Waals surface area contributed by atoms with E-state index in [1.54, 1.807) is 0 Å². The second-order valence-electron chi connectivity index (χ2n) is 11.0. The van der Waals surface area contributed by atoms with Gasteiger partial charge < -0.3 is 5.32 Å². The van der Waals surface area contributed by atoms with Gasteiger partial charge in [-0.05, 0) is 41.0 Å². The molecular formula is C29H30Cl2N2O3. The lowest BCUT2D eigenvalue weighted by atomic mass is 9.54. The molecule has 1 saturated carbocycles. The molecule has 3 atom stereocenters. The first-order chi connectivity index (χ1) is 17.2. The number of alkyl halides is 2. The molecule has 2 aromatic rings. The number of nitrogens with zero attached hydrogens (tertiary/aromatic N) is 1. The van der Waals surface area contributed by atoms with E-state index in [1.165, 1.54) is 11.3 Å². The molecule has 36 heavy (non-hydrogen) atoms. The number of rotatable bonds is 4. The van der Waals surface area contributed by atoms with Crippen molar-refractivity contribution in [1.29, 1.82) is 0 Å². The lowest BCUT2D eigenvalue weighted by Gasteiger charge is -2.54. The van der Waals surface area contributed by atoms with E-state index < -0.39 is 39.4 Å². The molecule has 1 aliphatic heterocycles. The van der Waals surface area contributed by atoms with Crippen LogP contribution in [0.2, 0.25) is 0 Å². The minimum absolute atomic E-state index is 0.0750. The van der Waals surface area contributed by atoms with Gasteiger partial charge in [0.1, 0.15) is 15.8 Å². The van der Waals surface area contributed by atoms with Crippen LogP contribution in [0.1, 0.15) is 68.2 Å². The Hall–Kier alpha value is -2.37. The fourth-order valence-electron chi connectivity index (χ4n) is 7.21. The van der Waals surface area contributed by atoms with Crippen molar-refractivity contribution in [2.75, 3.05) is 0 Å². The van der Waals surface area contributed by atoms with Crippen LogP contribution in [0, 0.1) is 17.8 Å². The number of likely N-dealkylation sites (tertiary alicyclic amines) is 1. The first kappa shape index (κ1) is 24.0. The van der Waals surface area contributed by atoms with E-state index in [0.717, 1.165) is 47.9 Å². The molecule has 1 heterocycles. The van der Waals surface area contributed by atoms with E-state index >= 15 is 0 Å². The number of nitrogens with one attached hydrogen (secondary N) is 1.